The maximum atomic E-state index is 13.0. The summed E-state index contributed by atoms with van der Waals surface area (Å²) in [5.74, 6) is 0.188. The van der Waals surface area contributed by atoms with Crippen LogP contribution >= 0.6 is 0 Å². The van der Waals surface area contributed by atoms with Gasteiger partial charge in [-0.05, 0) is 49.7 Å². The maximum absolute atomic E-state index is 13.0. The number of nitrogens with zero attached hydrogens (tertiary/aromatic N) is 2. The highest BCUT2D eigenvalue weighted by Gasteiger charge is 2.39. The fourth-order valence-corrected chi connectivity index (χ4v) is 4.11. The number of ketones is 1. The standard InChI is InChI=1S/C22H34BN3O4/c1-14(2)10-20(23(29)30)25-22(28)17(11-16-5-6-16)12-19(27)18-8-9-26(18)21-7-4-15(3)13-24-21/h4,7,13-14,16-18,20,29-30H,5-6,8-12H2,1-3H3,(H,25,28)/t17-,18+,20?/m1/s1. The number of carbonyl (C=O) groups excluding carboxylic acids is 2. The van der Waals surface area contributed by atoms with Crippen LogP contribution in [0.2, 0.25) is 0 Å². The number of carbonyl (C=O) groups is 2. The quantitative estimate of drug-likeness (QED) is 0.477. The Balaban J connectivity index is 1.63. The van der Waals surface area contributed by atoms with Gasteiger partial charge in [-0.25, -0.2) is 4.98 Å². The molecule has 1 saturated carbocycles. The lowest BCUT2D eigenvalue weighted by Gasteiger charge is -2.41. The molecule has 1 aliphatic heterocycles. The lowest BCUT2D eigenvalue weighted by atomic mass is 9.74. The van der Waals surface area contributed by atoms with Gasteiger partial charge in [-0.3, -0.25) is 9.59 Å². The summed E-state index contributed by atoms with van der Waals surface area (Å²) in [5, 5.41) is 22.1. The zero-order valence-corrected chi connectivity index (χ0v) is 18.3. The van der Waals surface area contributed by atoms with Crippen LogP contribution in [0.3, 0.4) is 0 Å². The van der Waals surface area contributed by atoms with Crippen LogP contribution in [0.25, 0.3) is 0 Å². The summed E-state index contributed by atoms with van der Waals surface area (Å²) in [5.41, 5.74) is 1.07. The van der Waals surface area contributed by atoms with Gasteiger partial charge >= 0.3 is 7.12 Å². The predicted octanol–water partition coefficient (Wildman–Crippen LogP) is 1.89. The Morgan fingerprint density at radius 3 is 2.50 bits per heavy atom. The highest BCUT2D eigenvalue weighted by Crippen LogP contribution is 2.37. The minimum Gasteiger partial charge on any atom is -0.426 e. The minimum atomic E-state index is -1.61. The van der Waals surface area contributed by atoms with Gasteiger partial charge in [0.1, 0.15) is 5.82 Å². The molecule has 2 fully saturated rings. The van der Waals surface area contributed by atoms with E-state index in [4.69, 9.17) is 0 Å². The van der Waals surface area contributed by atoms with Gasteiger partial charge in [0.15, 0.2) is 5.78 Å². The fourth-order valence-electron chi connectivity index (χ4n) is 4.11. The zero-order valence-electron chi connectivity index (χ0n) is 18.3. The molecule has 3 atom stereocenters. The molecule has 2 heterocycles. The molecule has 1 saturated heterocycles. The molecule has 0 bridgehead atoms. The molecule has 1 aromatic rings. The summed E-state index contributed by atoms with van der Waals surface area (Å²) in [6, 6.07) is 3.69. The summed E-state index contributed by atoms with van der Waals surface area (Å²) >= 11 is 0. The lowest BCUT2D eigenvalue weighted by molar-refractivity contribution is -0.131. The molecule has 3 N–H and O–H groups in total. The number of hydrogen-bond donors (Lipinski definition) is 3. The Hall–Kier alpha value is -1.93. The van der Waals surface area contributed by atoms with Crippen molar-refractivity contribution in [1.29, 1.82) is 0 Å². The van der Waals surface area contributed by atoms with Crippen molar-refractivity contribution in [1.82, 2.24) is 10.3 Å². The normalized spacial score (nSPS) is 20.5. The number of pyridine rings is 1. The Morgan fingerprint density at radius 2 is 2.00 bits per heavy atom. The van der Waals surface area contributed by atoms with Crippen molar-refractivity contribution in [3.05, 3.63) is 23.9 Å². The monoisotopic (exact) mass is 415 g/mol. The molecule has 1 unspecified atom stereocenters. The summed E-state index contributed by atoms with van der Waals surface area (Å²) in [7, 11) is -1.61. The summed E-state index contributed by atoms with van der Waals surface area (Å²) in [4.78, 5) is 32.4. The van der Waals surface area contributed by atoms with Crippen molar-refractivity contribution in [2.45, 2.75) is 71.3 Å². The van der Waals surface area contributed by atoms with E-state index >= 15 is 0 Å². The number of aryl methyl sites for hydroxylation is 1. The SMILES string of the molecule is Cc1ccc(N2CC[C@H]2C(=O)C[C@@H](CC2CC2)C(=O)NC(CC(C)C)B(O)O)nc1. The van der Waals surface area contributed by atoms with E-state index in [2.05, 4.69) is 10.3 Å². The number of nitrogens with one attached hydrogen (secondary N) is 1. The molecule has 30 heavy (non-hydrogen) atoms. The van der Waals surface area contributed by atoms with Crippen LogP contribution in [0, 0.1) is 24.7 Å². The molecule has 1 aromatic heterocycles. The molecule has 0 aromatic carbocycles. The van der Waals surface area contributed by atoms with Crippen LogP contribution in [0.5, 0.6) is 0 Å². The van der Waals surface area contributed by atoms with Crippen molar-refractivity contribution in [3.63, 3.8) is 0 Å². The zero-order chi connectivity index (χ0) is 21.8. The third-order valence-corrected chi connectivity index (χ3v) is 6.13. The molecule has 164 valence electrons. The number of Topliss-reactive ketones (excluding diaryl/α,β-unsaturated/α-hetero) is 1. The van der Waals surface area contributed by atoms with Gasteiger partial charge in [0.05, 0.1) is 12.0 Å². The first-order valence-electron chi connectivity index (χ1n) is 11.1. The molecule has 2 aliphatic rings. The van der Waals surface area contributed by atoms with Crippen molar-refractivity contribution in [2.24, 2.45) is 17.8 Å². The third-order valence-electron chi connectivity index (χ3n) is 6.13. The number of amides is 1. The summed E-state index contributed by atoms with van der Waals surface area (Å²) in [6.45, 7) is 6.71. The van der Waals surface area contributed by atoms with Crippen molar-refractivity contribution in [3.8, 4) is 0 Å². The second kappa shape index (κ2) is 9.92. The number of hydrogen-bond acceptors (Lipinski definition) is 6. The Bertz CT molecular complexity index is 736. The Morgan fingerprint density at radius 1 is 1.27 bits per heavy atom. The molecule has 7 nitrogen and oxygen atoms in total. The van der Waals surface area contributed by atoms with E-state index in [0.29, 0.717) is 18.8 Å². The van der Waals surface area contributed by atoms with E-state index in [0.717, 1.165) is 37.2 Å². The average Bonchev–Trinajstić information content (AvgIpc) is 3.45. The number of anilines is 1. The Kier molecular flexibility index (Phi) is 7.52. The van der Waals surface area contributed by atoms with E-state index in [9.17, 15) is 19.6 Å². The third kappa shape index (κ3) is 6.05. The van der Waals surface area contributed by atoms with Crippen LogP contribution in [-0.2, 0) is 9.59 Å². The predicted molar refractivity (Wildman–Crippen MR) is 117 cm³/mol. The maximum Gasteiger partial charge on any atom is 0.475 e. The molecule has 0 radical (unpaired) electrons. The number of aromatic nitrogens is 1. The molecular formula is C22H34BN3O4. The van der Waals surface area contributed by atoms with Crippen LogP contribution in [0.1, 0.15) is 57.9 Å². The summed E-state index contributed by atoms with van der Waals surface area (Å²) in [6.07, 6.45) is 6.11. The smallest absolute Gasteiger partial charge is 0.426 e. The van der Waals surface area contributed by atoms with E-state index in [1.54, 1.807) is 6.20 Å². The molecule has 8 heteroatoms. The summed E-state index contributed by atoms with van der Waals surface area (Å²) < 4.78 is 0. The largest absolute Gasteiger partial charge is 0.475 e. The van der Waals surface area contributed by atoms with Crippen molar-refractivity contribution in [2.75, 3.05) is 11.4 Å². The van der Waals surface area contributed by atoms with E-state index < -0.39 is 19.0 Å². The molecule has 1 amide bonds. The first-order valence-corrected chi connectivity index (χ1v) is 11.1. The second-order valence-corrected chi connectivity index (χ2v) is 9.40. The number of rotatable bonds is 11. The Labute approximate surface area is 179 Å². The fraction of sp³-hybridized carbons (Fsp3) is 0.682. The van der Waals surface area contributed by atoms with Crippen molar-refractivity contribution < 1.29 is 19.6 Å². The van der Waals surface area contributed by atoms with Gasteiger partial charge in [0.25, 0.3) is 0 Å². The van der Waals surface area contributed by atoms with Gasteiger partial charge < -0.3 is 20.3 Å². The minimum absolute atomic E-state index is 0.0642. The topological polar surface area (TPSA) is 103 Å². The van der Waals surface area contributed by atoms with Gasteiger partial charge in [0.2, 0.25) is 5.91 Å². The van der Waals surface area contributed by atoms with Gasteiger partial charge in [-0.2, -0.15) is 0 Å². The first kappa shape index (κ1) is 22.8. The molecule has 3 rings (SSSR count). The molecule has 0 spiro atoms. The van der Waals surface area contributed by atoms with E-state index in [-0.39, 0.29) is 30.1 Å². The van der Waals surface area contributed by atoms with Gasteiger partial charge in [-0.15, -0.1) is 0 Å². The van der Waals surface area contributed by atoms with Crippen LogP contribution in [0.15, 0.2) is 18.3 Å². The van der Waals surface area contributed by atoms with Gasteiger partial charge in [0, 0.05) is 25.1 Å². The van der Waals surface area contributed by atoms with Crippen LogP contribution in [0.4, 0.5) is 5.82 Å². The van der Waals surface area contributed by atoms with Crippen LogP contribution < -0.4 is 10.2 Å². The highest BCUT2D eigenvalue weighted by atomic mass is 16.4. The molecular weight excluding hydrogens is 381 g/mol. The average molecular weight is 415 g/mol. The highest BCUT2D eigenvalue weighted by molar-refractivity contribution is 6.43. The van der Waals surface area contributed by atoms with Crippen LogP contribution in [-0.4, -0.2) is 52.4 Å². The lowest BCUT2D eigenvalue weighted by Crippen LogP contribution is -2.54. The van der Waals surface area contributed by atoms with E-state index in [1.165, 1.54) is 0 Å². The van der Waals surface area contributed by atoms with Crippen molar-refractivity contribution >= 4 is 24.6 Å². The second-order valence-electron chi connectivity index (χ2n) is 9.40. The molecule has 1 aliphatic carbocycles. The van der Waals surface area contributed by atoms with E-state index in [1.807, 2.05) is 37.8 Å². The van der Waals surface area contributed by atoms with Gasteiger partial charge in [-0.1, -0.05) is 32.8 Å². The first-order chi connectivity index (χ1) is 14.2.